The van der Waals surface area contributed by atoms with E-state index in [1.807, 2.05) is 4.98 Å². The molecule has 0 aliphatic rings. The fourth-order valence-electron chi connectivity index (χ4n) is 0.924. The molecule has 0 saturated heterocycles. The SMILES string of the molecule is NC(=O)c1cc(C(F)F)c(N)[nH]c1=O. The van der Waals surface area contributed by atoms with Crippen LogP contribution >= 0.6 is 0 Å². The smallest absolute Gasteiger partial charge is 0.267 e. The number of carbonyl (C=O) groups excluding carboxylic acids is 1. The van der Waals surface area contributed by atoms with Gasteiger partial charge in [-0.15, -0.1) is 0 Å². The Balaban J connectivity index is 3.42. The molecule has 1 heterocycles. The van der Waals surface area contributed by atoms with Gasteiger partial charge in [0.1, 0.15) is 11.4 Å². The summed E-state index contributed by atoms with van der Waals surface area (Å²) in [5.74, 6) is -1.54. The highest BCUT2D eigenvalue weighted by atomic mass is 19.3. The Morgan fingerprint density at radius 3 is 2.50 bits per heavy atom. The lowest BCUT2D eigenvalue weighted by Crippen LogP contribution is -2.25. The van der Waals surface area contributed by atoms with Crippen LogP contribution in [0.25, 0.3) is 0 Å². The summed E-state index contributed by atoms with van der Waals surface area (Å²) in [6.07, 6.45) is -2.87. The molecule has 5 N–H and O–H groups in total. The molecule has 0 fully saturated rings. The molecule has 1 rings (SSSR count). The summed E-state index contributed by atoms with van der Waals surface area (Å²) in [5, 5.41) is 0. The molecule has 0 aliphatic carbocycles. The van der Waals surface area contributed by atoms with Crippen molar-refractivity contribution in [3.05, 3.63) is 27.5 Å². The zero-order valence-electron chi connectivity index (χ0n) is 6.88. The molecule has 76 valence electrons. The van der Waals surface area contributed by atoms with Crippen LogP contribution in [0.2, 0.25) is 0 Å². The maximum Gasteiger partial charge on any atom is 0.267 e. The van der Waals surface area contributed by atoms with E-state index in [9.17, 15) is 18.4 Å². The standard InChI is InChI=1S/C7H7F2N3O2/c8-4(9)2-1-3(6(11)13)7(14)12-5(2)10/h1,4H,(H2,11,13)(H3,10,12,14). The molecular formula is C7H7F2N3O2. The number of hydrogen-bond donors (Lipinski definition) is 3. The second-order valence-electron chi connectivity index (χ2n) is 2.55. The summed E-state index contributed by atoms with van der Waals surface area (Å²) in [5.41, 5.74) is 7.87. The zero-order chi connectivity index (χ0) is 10.9. The Morgan fingerprint density at radius 1 is 1.50 bits per heavy atom. The van der Waals surface area contributed by atoms with Crippen molar-refractivity contribution >= 4 is 11.7 Å². The number of halogens is 2. The first-order chi connectivity index (χ1) is 6.43. The van der Waals surface area contributed by atoms with Gasteiger partial charge in [-0.1, -0.05) is 0 Å². The third-order valence-corrected chi connectivity index (χ3v) is 1.60. The van der Waals surface area contributed by atoms with Gasteiger partial charge in [0, 0.05) is 0 Å². The molecule has 0 unspecified atom stereocenters. The Kier molecular flexibility index (Phi) is 2.50. The number of carbonyl (C=O) groups is 1. The molecule has 0 saturated carbocycles. The second kappa shape index (κ2) is 3.44. The van der Waals surface area contributed by atoms with Crippen molar-refractivity contribution in [2.45, 2.75) is 6.43 Å². The van der Waals surface area contributed by atoms with Crippen LogP contribution < -0.4 is 17.0 Å². The van der Waals surface area contributed by atoms with Crippen molar-refractivity contribution in [1.82, 2.24) is 4.98 Å². The molecule has 0 aromatic carbocycles. The number of nitrogens with one attached hydrogen (secondary N) is 1. The minimum Gasteiger partial charge on any atom is -0.385 e. The van der Waals surface area contributed by atoms with E-state index >= 15 is 0 Å². The lowest BCUT2D eigenvalue weighted by molar-refractivity contribution is 0.0998. The number of pyridine rings is 1. The number of primary amides is 1. The van der Waals surface area contributed by atoms with Crippen LogP contribution in [0.1, 0.15) is 22.3 Å². The number of anilines is 1. The first-order valence-electron chi connectivity index (χ1n) is 3.54. The molecule has 0 radical (unpaired) electrons. The number of amides is 1. The summed E-state index contributed by atoms with van der Waals surface area (Å²) in [7, 11) is 0. The molecular weight excluding hydrogens is 196 g/mol. The molecule has 0 spiro atoms. The maximum atomic E-state index is 12.2. The normalized spacial score (nSPS) is 10.5. The van der Waals surface area contributed by atoms with Gasteiger partial charge < -0.3 is 16.5 Å². The molecule has 7 heteroatoms. The topological polar surface area (TPSA) is 102 Å². The van der Waals surface area contributed by atoms with Crippen LogP contribution in [-0.2, 0) is 0 Å². The molecule has 1 amide bonds. The molecule has 1 aromatic heterocycles. The van der Waals surface area contributed by atoms with Crippen molar-refractivity contribution in [3.63, 3.8) is 0 Å². The summed E-state index contributed by atoms with van der Waals surface area (Å²) in [4.78, 5) is 23.5. The molecule has 14 heavy (non-hydrogen) atoms. The Labute approximate surface area is 76.7 Å². The lowest BCUT2D eigenvalue weighted by atomic mass is 10.2. The van der Waals surface area contributed by atoms with E-state index in [1.165, 1.54) is 0 Å². The summed E-state index contributed by atoms with van der Waals surface area (Å²) in [6, 6.07) is 0.696. The average molecular weight is 203 g/mol. The number of nitrogen functional groups attached to an aromatic ring is 1. The van der Waals surface area contributed by atoms with Crippen molar-refractivity contribution in [2.75, 3.05) is 5.73 Å². The molecule has 5 nitrogen and oxygen atoms in total. The number of H-pyrrole nitrogens is 1. The van der Waals surface area contributed by atoms with E-state index < -0.39 is 34.8 Å². The van der Waals surface area contributed by atoms with Gasteiger partial charge >= 0.3 is 0 Å². The third kappa shape index (κ3) is 1.70. The van der Waals surface area contributed by atoms with Gasteiger partial charge in [0.05, 0.1) is 5.56 Å². The summed E-state index contributed by atoms with van der Waals surface area (Å²) >= 11 is 0. The van der Waals surface area contributed by atoms with Crippen LogP contribution in [0.3, 0.4) is 0 Å². The number of nitrogens with two attached hydrogens (primary N) is 2. The van der Waals surface area contributed by atoms with Crippen molar-refractivity contribution in [2.24, 2.45) is 5.73 Å². The summed E-state index contributed by atoms with van der Waals surface area (Å²) in [6.45, 7) is 0. The highest BCUT2D eigenvalue weighted by molar-refractivity contribution is 5.92. The van der Waals surface area contributed by atoms with Crippen LogP contribution in [0, 0.1) is 0 Å². The van der Waals surface area contributed by atoms with Gasteiger partial charge in [0.2, 0.25) is 0 Å². The number of alkyl halides is 2. The van der Waals surface area contributed by atoms with E-state index in [-0.39, 0.29) is 0 Å². The fourth-order valence-corrected chi connectivity index (χ4v) is 0.924. The van der Waals surface area contributed by atoms with E-state index in [0.29, 0.717) is 6.07 Å². The number of aromatic amines is 1. The van der Waals surface area contributed by atoms with Gasteiger partial charge in [0.25, 0.3) is 17.9 Å². The van der Waals surface area contributed by atoms with Crippen molar-refractivity contribution < 1.29 is 13.6 Å². The van der Waals surface area contributed by atoms with Crippen molar-refractivity contribution in [3.8, 4) is 0 Å². The highest BCUT2D eigenvalue weighted by Crippen LogP contribution is 2.22. The first kappa shape index (κ1) is 10.2. The monoisotopic (exact) mass is 203 g/mol. The predicted molar refractivity (Wildman–Crippen MR) is 44.9 cm³/mol. The third-order valence-electron chi connectivity index (χ3n) is 1.60. The molecule has 1 aromatic rings. The minimum absolute atomic E-state index is 0.463. The zero-order valence-corrected chi connectivity index (χ0v) is 6.88. The van der Waals surface area contributed by atoms with Gasteiger partial charge in [-0.05, 0) is 6.07 Å². The Bertz CT molecular complexity index is 427. The van der Waals surface area contributed by atoms with Crippen molar-refractivity contribution in [1.29, 1.82) is 0 Å². The highest BCUT2D eigenvalue weighted by Gasteiger charge is 2.16. The van der Waals surface area contributed by atoms with E-state index in [1.54, 1.807) is 0 Å². The van der Waals surface area contributed by atoms with E-state index in [4.69, 9.17) is 11.5 Å². The lowest BCUT2D eigenvalue weighted by Gasteiger charge is -2.04. The number of rotatable bonds is 2. The van der Waals surface area contributed by atoms with E-state index in [0.717, 1.165) is 0 Å². The van der Waals surface area contributed by atoms with Gasteiger partial charge in [0.15, 0.2) is 0 Å². The van der Waals surface area contributed by atoms with Crippen LogP contribution in [0.5, 0.6) is 0 Å². The molecule has 0 atom stereocenters. The van der Waals surface area contributed by atoms with E-state index in [2.05, 4.69) is 0 Å². The Morgan fingerprint density at radius 2 is 2.07 bits per heavy atom. The summed E-state index contributed by atoms with van der Waals surface area (Å²) < 4.78 is 24.5. The predicted octanol–water partition coefficient (Wildman–Crippen LogP) is -0.00640. The van der Waals surface area contributed by atoms with Crippen LogP contribution in [0.15, 0.2) is 10.9 Å². The number of hydrogen-bond acceptors (Lipinski definition) is 3. The largest absolute Gasteiger partial charge is 0.385 e. The fraction of sp³-hybridized carbons (Fsp3) is 0.143. The van der Waals surface area contributed by atoms with Crippen LogP contribution in [-0.4, -0.2) is 10.9 Å². The average Bonchev–Trinajstić information content (AvgIpc) is 2.02. The maximum absolute atomic E-state index is 12.2. The van der Waals surface area contributed by atoms with Crippen LogP contribution in [0.4, 0.5) is 14.6 Å². The quantitative estimate of drug-likeness (QED) is 0.630. The first-order valence-corrected chi connectivity index (χ1v) is 3.54. The molecule has 0 aliphatic heterocycles. The second-order valence-corrected chi connectivity index (χ2v) is 2.55. The van der Waals surface area contributed by atoms with Gasteiger partial charge in [-0.3, -0.25) is 9.59 Å². The van der Waals surface area contributed by atoms with Gasteiger partial charge in [-0.25, -0.2) is 8.78 Å². The molecule has 0 bridgehead atoms. The Hall–Kier alpha value is -1.92. The minimum atomic E-state index is -2.87. The van der Waals surface area contributed by atoms with Gasteiger partial charge in [-0.2, -0.15) is 0 Å². The number of aromatic nitrogens is 1.